The van der Waals surface area contributed by atoms with Gasteiger partial charge in [-0.05, 0) is 59.7 Å². The highest BCUT2D eigenvalue weighted by molar-refractivity contribution is 5.82. The molecule has 0 saturated carbocycles. The minimum absolute atomic E-state index is 0.636. The summed E-state index contributed by atoms with van der Waals surface area (Å²) in [5.74, 6) is 1.27. The van der Waals surface area contributed by atoms with Gasteiger partial charge in [0.15, 0.2) is 0 Å². The lowest BCUT2D eigenvalue weighted by atomic mass is 10.2. The first-order valence-electron chi connectivity index (χ1n) is 14.8. The Hall–Kier alpha value is -5.68. The van der Waals surface area contributed by atoms with E-state index in [4.69, 9.17) is 4.74 Å². The van der Waals surface area contributed by atoms with Gasteiger partial charge in [0.05, 0.1) is 47.7 Å². The van der Waals surface area contributed by atoms with Gasteiger partial charge in [-0.25, -0.2) is 20.8 Å². The predicted octanol–water partition coefficient (Wildman–Crippen LogP) is 5.92. The molecule has 4 N–H and O–H groups in total. The van der Waals surface area contributed by atoms with Crippen molar-refractivity contribution in [2.75, 3.05) is 61.1 Å². The van der Waals surface area contributed by atoms with E-state index < -0.39 is 0 Å². The fourth-order valence-corrected chi connectivity index (χ4v) is 4.80. The van der Waals surface area contributed by atoms with Crippen LogP contribution in [0.4, 0.5) is 23.3 Å². The minimum atomic E-state index is 0.636. The van der Waals surface area contributed by atoms with Gasteiger partial charge in [-0.15, -0.1) is 0 Å². The maximum absolute atomic E-state index is 5.38. The molecule has 3 heterocycles. The number of ether oxygens (including phenoxy) is 1. The van der Waals surface area contributed by atoms with Crippen molar-refractivity contribution in [3.63, 3.8) is 0 Å². The average Bonchev–Trinajstić information content (AvgIpc) is 3.69. The number of hydrogen-bond donors (Lipinski definition) is 4. The van der Waals surface area contributed by atoms with Gasteiger partial charge in [0.25, 0.3) is 0 Å². The fourth-order valence-electron chi connectivity index (χ4n) is 4.80. The number of aromatic nitrogens is 4. The fraction of sp³-hybridized carbons (Fsp3) is 0.176. The molecule has 1 aliphatic rings. The smallest absolute Gasteiger partial charge is 0.222 e. The molecule has 1 fully saturated rings. The molecular formula is C34H36N10O. The second kappa shape index (κ2) is 14.2. The van der Waals surface area contributed by atoms with E-state index in [0.29, 0.717) is 11.9 Å². The molecule has 0 bridgehead atoms. The summed E-state index contributed by atoms with van der Waals surface area (Å²) in [6.45, 7) is 3.48. The van der Waals surface area contributed by atoms with Crippen molar-refractivity contribution < 1.29 is 4.74 Å². The van der Waals surface area contributed by atoms with Gasteiger partial charge in [-0.2, -0.15) is 10.2 Å². The molecule has 7 rings (SSSR count). The predicted molar refractivity (Wildman–Crippen MR) is 185 cm³/mol. The molecule has 0 aliphatic carbocycles. The van der Waals surface area contributed by atoms with E-state index in [9.17, 15) is 0 Å². The number of anilines is 4. The van der Waals surface area contributed by atoms with E-state index in [2.05, 4.69) is 87.2 Å². The minimum Gasteiger partial charge on any atom is -0.378 e. The van der Waals surface area contributed by atoms with Crippen LogP contribution in [0.3, 0.4) is 0 Å². The number of para-hydroxylation sites is 4. The highest BCUT2D eigenvalue weighted by Gasteiger charge is 2.10. The van der Waals surface area contributed by atoms with Crippen molar-refractivity contribution in [1.29, 1.82) is 0 Å². The van der Waals surface area contributed by atoms with Crippen LogP contribution in [-0.2, 0) is 4.74 Å². The summed E-state index contributed by atoms with van der Waals surface area (Å²) in [6.07, 6.45) is 3.56. The number of morpholine rings is 1. The zero-order valence-electron chi connectivity index (χ0n) is 25.3. The number of fused-ring (bicyclic) bond motifs is 2. The zero-order valence-corrected chi connectivity index (χ0v) is 25.3. The molecule has 0 spiro atoms. The third kappa shape index (κ3) is 7.84. The SMILES string of the molecule is C(=N/Nc1nc2ccccc2[nH]1)/c1ccc(N2CCOCC2)cc1.CN(C)c1ccc(/C=N\Nc2nc3ccccc3[nH]2)cc1. The van der Waals surface area contributed by atoms with Gasteiger partial charge in [0.2, 0.25) is 11.9 Å². The molecule has 1 saturated heterocycles. The summed E-state index contributed by atoms with van der Waals surface area (Å²) in [6, 6.07) is 32.3. The van der Waals surface area contributed by atoms with E-state index in [1.807, 2.05) is 74.8 Å². The maximum atomic E-state index is 5.38. The Morgan fingerprint density at radius 2 is 1.18 bits per heavy atom. The lowest BCUT2D eigenvalue weighted by molar-refractivity contribution is 0.122. The molecule has 0 unspecified atom stereocenters. The van der Waals surface area contributed by atoms with Crippen LogP contribution < -0.4 is 20.7 Å². The summed E-state index contributed by atoms with van der Waals surface area (Å²) >= 11 is 0. The summed E-state index contributed by atoms with van der Waals surface area (Å²) in [7, 11) is 4.04. The molecule has 4 aromatic carbocycles. The molecule has 0 atom stereocenters. The molecule has 1 aliphatic heterocycles. The Morgan fingerprint density at radius 3 is 1.67 bits per heavy atom. The van der Waals surface area contributed by atoms with Gasteiger partial charge in [0, 0.05) is 38.6 Å². The molecule has 11 nitrogen and oxygen atoms in total. The van der Waals surface area contributed by atoms with E-state index in [0.717, 1.165) is 65.2 Å². The lowest BCUT2D eigenvalue weighted by Crippen LogP contribution is -2.36. The van der Waals surface area contributed by atoms with E-state index >= 15 is 0 Å². The van der Waals surface area contributed by atoms with Crippen LogP contribution in [-0.4, -0.2) is 72.8 Å². The van der Waals surface area contributed by atoms with Crippen molar-refractivity contribution in [3.8, 4) is 0 Å². The van der Waals surface area contributed by atoms with Crippen LogP contribution in [0.15, 0.2) is 107 Å². The van der Waals surface area contributed by atoms with Crippen molar-refractivity contribution in [2.45, 2.75) is 0 Å². The Balaban J connectivity index is 0.000000160. The topological polar surface area (TPSA) is 122 Å². The number of nitrogens with one attached hydrogen (secondary N) is 4. The van der Waals surface area contributed by atoms with Gasteiger partial charge in [-0.3, -0.25) is 0 Å². The summed E-state index contributed by atoms with van der Waals surface area (Å²) in [5, 5.41) is 8.45. The molecule has 2 aromatic heterocycles. The summed E-state index contributed by atoms with van der Waals surface area (Å²) in [4.78, 5) is 19.6. The number of hydrogen-bond acceptors (Lipinski definition) is 9. The standard InChI is InChI=1S/C18H19N5O.C16H17N5/c1-2-4-17-16(3-1)20-18(21-17)22-19-13-14-5-7-15(8-6-14)23-9-11-24-12-10-23;1-21(2)13-9-7-12(8-10-13)11-17-20-16-18-14-5-3-4-6-15(14)19-16/h1-8,13H,9-12H2,(H2,20,21,22);3-11H,1-2H3,(H2,18,19,20)/b19-13-;17-11-. The zero-order chi connectivity index (χ0) is 30.8. The van der Waals surface area contributed by atoms with Crippen molar-refractivity contribution in [3.05, 3.63) is 108 Å². The van der Waals surface area contributed by atoms with E-state index in [-0.39, 0.29) is 0 Å². The normalized spacial score (nSPS) is 13.3. The van der Waals surface area contributed by atoms with Crippen LogP contribution in [0.1, 0.15) is 11.1 Å². The Kier molecular flexibility index (Phi) is 9.27. The highest BCUT2D eigenvalue weighted by atomic mass is 16.5. The van der Waals surface area contributed by atoms with E-state index in [1.54, 1.807) is 12.4 Å². The number of nitrogens with zero attached hydrogens (tertiary/aromatic N) is 6. The molecule has 45 heavy (non-hydrogen) atoms. The molecule has 11 heteroatoms. The van der Waals surface area contributed by atoms with Crippen LogP contribution >= 0.6 is 0 Å². The van der Waals surface area contributed by atoms with Crippen molar-refractivity contribution >= 4 is 57.8 Å². The number of aromatic amines is 2. The molecular weight excluding hydrogens is 564 g/mol. The molecule has 6 aromatic rings. The van der Waals surface area contributed by atoms with Crippen molar-refractivity contribution in [2.24, 2.45) is 10.2 Å². The van der Waals surface area contributed by atoms with Crippen LogP contribution in [0, 0.1) is 0 Å². The largest absolute Gasteiger partial charge is 0.378 e. The third-order valence-corrected chi connectivity index (χ3v) is 7.23. The third-order valence-electron chi connectivity index (χ3n) is 7.23. The Bertz CT molecular complexity index is 1800. The first kappa shape index (κ1) is 29.4. The monoisotopic (exact) mass is 600 g/mol. The second-order valence-electron chi connectivity index (χ2n) is 10.6. The number of benzene rings is 4. The van der Waals surface area contributed by atoms with Gasteiger partial charge in [-0.1, -0.05) is 48.5 Å². The Morgan fingerprint density at radius 1 is 0.689 bits per heavy atom. The Labute approximate surface area is 261 Å². The first-order chi connectivity index (χ1) is 22.1. The van der Waals surface area contributed by atoms with E-state index in [1.165, 1.54) is 5.69 Å². The maximum Gasteiger partial charge on any atom is 0.222 e. The quantitative estimate of drug-likeness (QED) is 0.126. The summed E-state index contributed by atoms with van der Waals surface area (Å²) in [5.41, 5.74) is 14.1. The molecule has 228 valence electrons. The number of H-pyrrole nitrogens is 2. The van der Waals surface area contributed by atoms with Crippen LogP contribution in [0.5, 0.6) is 0 Å². The summed E-state index contributed by atoms with van der Waals surface area (Å²) < 4.78 is 5.38. The van der Waals surface area contributed by atoms with Gasteiger partial charge < -0.3 is 24.5 Å². The second-order valence-corrected chi connectivity index (χ2v) is 10.6. The van der Waals surface area contributed by atoms with Gasteiger partial charge >= 0.3 is 0 Å². The first-order valence-corrected chi connectivity index (χ1v) is 14.8. The molecule has 0 amide bonds. The molecule has 0 radical (unpaired) electrons. The average molecular weight is 601 g/mol. The highest BCUT2D eigenvalue weighted by Crippen LogP contribution is 2.17. The number of imidazole rings is 2. The van der Waals surface area contributed by atoms with Crippen LogP contribution in [0.2, 0.25) is 0 Å². The van der Waals surface area contributed by atoms with Crippen molar-refractivity contribution in [1.82, 2.24) is 19.9 Å². The number of rotatable bonds is 8. The lowest BCUT2D eigenvalue weighted by Gasteiger charge is -2.28. The van der Waals surface area contributed by atoms with Gasteiger partial charge in [0.1, 0.15) is 0 Å². The number of hydrazone groups is 2. The van der Waals surface area contributed by atoms with Crippen LogP contribution in [0.25, 0.3) is 22.1 Å².